The van der Waals surface area contributed by atoms with Crippen molar-refractivity contribution in [1.29, 1.82) is 0 Å². The van der Waals surface area contributed by atoms with Crippen LogP contribution in [0.25, 0.3) is 0 Å². The van der Waals surface area contributed by atoms with Gasteiger partial charge in [-0.1, -0.05) is 6.42 Å². The molecule has 0 bridgehead atoms. The zero-order valence-electron chi connectivity index (χ0n) is 28.6. The summed E-state index contributed by atoms with van der Waals surface area (Å²) in [6.07, 6.45) is -3.48. The van der Waals surface area contributed by atoms with Crippen LogP contribution in [0.5, 0.6) is 0 Å². The number of carbonyl (C=O) groups is 9. The molecule has 0 aromatic heterocycles. The maximum atomic E-state index is 13.5. The van der Waals surface area contributed by atoms with Crippen molar-refractivity contribution in [3.8, 4) is 0 Å². The number of aliphatic hydroxyl groups is 2. The van der Waals surface area contributed by atoms with Gasteiger partial charge in [0, 0.05) is 25.9 Å². The van der Waals surface area contributed by atoms with E-state index < -0.39 is 122 Å². The van der Waals surface area contributed by atoms with Gasteiger partial charge in [0.15, 0.2) is 0 Å². The predicted molar refractivity (Wildman–Crippen MR) is 176 cm³/mol. The molecule has 0 radical (unpaired) electrons. The lowest BCUT2D eigenvalue weighted by molar-refractivity contribution is -0.146. The minimum Gasteiger partial charge on any atom is -0.481 e. The quantitative estimate of drug-likeness (QED) is 0.110. The summed E-state index contributed by atoms with van der Waals surface area (Å²) < 4.78 is 0. The van der Waals surface area contributed by atoms with Gasteiger partial charge >= 0.3 is 17.9 Å². The molecule has 1 fully saturated rings. The highest BCUT2D eigenvalue weighted by atomic mass is 16.4. The molecular weight excluding hydrogens is 694 g/mol. The molecule has 0 aromatic rings. The van der Waals surface area contributed by atoms with E-state index in [4.69, 9.17) is 5.11 Å². The Balaban J connectivity index is 2.43. The van der Waals surface area contributed by atoms with Crippen LogP contribution in [-0.4, -0.2) is 146 Å². The molecule has 0 saturated carbocycles. The molecule has 52 heavy (non-hydrogen) atoms. The molecule has 290 valence electrons. The van der Waals surface area contributed by atoms with Crippen LogP contribution in [0.1, 0.15) is 77.6 Å². The van der Waals surface area contributed by atoms with Gasteiger partial charge in [-0.05, 0) is 51.9 Å². The summed E-state index contributed by atoms with van der Waals surface area (Å²) in [6.45, 7) is 1.23. The number of hydrogen-bond donors (Lipinski definition) is 10. The molecule has 2 aliphatic heterocycles. The summed E-state index contributed by atoms with van der Waals surface area (Å²) in [5.74, 6) is -9.82. The van der Waals surface area contributed by atoms with Crippen LogP contribution < -0.4 is 26.6 Å². The first-order valence-electron chi connectivity index (χ1n) is 16.8. The van der Waals surface area contributed by atoms with Crippen molar-refractivity contribution in [3.63, 3.8) is 0 Å². The SMILES string of the molecule is C[C@@H](O)[C@@H]1NC(=O)[C@H](CCC(=O)O)NC(=O)[C@@H]2CCCN2C(=O)[C@H](CC(=O)O)N[C@H](O)CCCCCNC(=O)[C@H](CCC(=O)O)NC(=O)C=NC1=O. The van der Waals surface area contributed by atoms with Crippen molar-refractivity contribution in [2.45, 2.75) is 120 Å². The lowest BCUT2D eigenvalue weighted by Crippen LogP contribution is -2.58. The van der Waals surface area contributed by atoms with E-state index in [0.29, 0.717) is 31.9 Å². The molecule has 2 heterocycles. The van der Waals surface area contributed by atoms with Gasteiger partial charge in [-0.3, -0.25) is 48.5 Å². The number of carboxylic acids is 3. The number of carbonyl (C=O) groups excluding carboxylic acids is 6. The van der Waals surface area contributed by atoms with Crippen LogP contribution in [0, 0.1) is 0 Å². The number of nitrogens with one attached hydrogen (secondary N) is 5. The number of amides is 6. The minimum absolute atomic E-state index is 0.0316. The highest BCUT2D eigenvalue weighted by Crippen LogP contribution is 2.20. The Morgan fingerprint density at radius 2 is 1.44 bits per heavy atom. The normalized spacial score (nSPS) is 27.2. The number of aliphatic carboxylic acids is 3. The highest BCUT2D eigenvalue weighted by molar-refractivity contribution is 6.28. The maximum absolute atomic E-state index is 13.5. The molecule has 2 rings (SSSR count). The molecule has 7 atom stereocenters. The summed E-state index contributed by atoms with van der Waals surface area (Å²) in [6, 6.07) is -7.42. The smallest absolute Gasteiger partial charge is 0.305 e. The zero-order valence-corrected chi connectivity index (χ0v) is 28.6. The van der Waals surface area contributed by atoms with Gasteiger partial charge in [-0.2, -0.15) is 0 Å². The van der Waals surface area contributed by atoms with Crippen molar-refractivity contribution >= 4 is 59.6 Å². The largest absolute Gasteiger partial charge is 0.481 e. The lowest BCUT2D eigenvalue weighted by Gasteiger charge is -2.30. The third-order valence-corrected chi connectivity index (χ3v) is 8.28. The Labute approximate surface area is 298 Å². The van der Waals surface area contributed by atoms with Crippen molar-refractivity contribution < 1.29 is 68.7 Å². The predicted octanol–water partition coefficient (Wildman–Crippen LogP) is -3.42. The van der Waals surface area contributed by atoms with Crippen LogP contribution in [0.3, 0.4) is 0 Å². The molecular formula is C31H47N7O14. The summed E-state index contributed by atoms with van der Waals surface area (Å²) in [5, 5.41) is 60.6. The number of aliphatic imine (C=N–C) groups is 1. The summed E-state index contributed by atoms with van der Waals surface area (Å²) in [7, 11) is 0. The molecule has 21 nitrogen and oxygen atoms in total. The molecule has 0 aromatic carbocycles. The number of carboxylic acid groups (broad SMARTS) is 3. The molecule has 0 aliphatic carbocycles. The third kappa shape index (κ3) is 14.7. The van der Waals surface area contributed by atoms with Crippen molar-refractivity contribution in [2.75, 3.05) is 13.1 Å². The molecule has 2 aliphatic rings. The third-order valence-electron chi connectivity index (χ3n) is 8.28. The Kier molecular flexibility index (Phi) is 17.7. The van der Waals surface area contributed by atoms with E-state index >= 15 is 0 Å². The molecule has 6 amide bonds. The molecule has 0 unspecified atom stereocenters. The first-order valence-corrected chi connectivity index (χ1v) is 16.8. The van der Waals surface area contributed by atoms with Gasteiger partial charge in [0.05, 0.1) is 24.8 Å². The first-order chi connectivity index (χ1) is 24.5. The average molecular weight is 742 g/mol. The summed E-state index contributed by atoms with van der Waals surface area (Å²) in [5.41, 5.74) is 0. The summed E-state index contributed by atoms with van der Waals surface area (Å²) in [4.78, 5) is 117. The second-order valence-electron chi connectivity index (χ2n) is 12.5. The second-order valence-corrected chi connectivity index (χ2v) is 12.5. The Morgan fingerprint density at radius 3 is 2.04 bits per heavy atom. The van der Waals surface area contributed by atoms with Crippen molar-refractivity contribution in [2.24, 2.45) is 4.99 Å². The molecule has 1 saturated heterocycles. The number of fused-ring (bicyclic) bond motifs is 1. The Morgan fingerprint density at radius 1 is 0.808 bits per heavy atom. The van der Waals surface area contributed by atoms with Crippen LogP contribution in [0.2, 0.25) is 0 Å². The van der Waals surface area contributed by atoms with Crippen LogP contribution >= 0.6 is 0 Å². The highest BCUT2D eigenvalue weighted by Gasteiger charge is 2.40. The zero-order chi connectivity index (χ0) is 39.0. The maximum Gasteiger partial charge on any atom is 0.305 e. The number of aliphatic hydroxyl groups excluding tert-OH is 2. The Bertz CT molecular complexity index is 1370. The van der Waals surface area contributed by atoms with Gasteiger partial charge in [0.1, 0.15) is 30.4 Å². The van der Waals surface area contributed by atoms with Gasteiger partial charge in [-0.15, -0.1) is 0 Å². The number of rotatable bonds is 9. The molecule has 0 spiro atoms. The van der Waals surface area contributed by atoms with Crippen LogP contribution in [0.15, 0.2) is 4.99 Å². The van der Waals surface area contributed by atoms with E-state index in [0.717, 1.165) is 11.8 Å². The van der Waals surface area contributed by atoms with Crippen molar-refractivity contribution in [3.05, 3.63) is 0 Å². The fraction of sp³-hybridized carbons (Fsp3) is 0.677. The van der Waals surface area contributed by atoms with E-state index in [1.807, 2.05) is 0 Å². The van der Waals surface area contributed by atoms with Gasteiger partial charge < -0.3 is 51.7 Å². The fourth-order valence-electron chi connectivity index (χ4n) is 5.58. The van der Waals surface area contributed by atoms with Crippen molar-refractivity contribution in [1.82, 2.24) is 31.5 Å². The van der Waals surface area contributed by atoms with Gasteiger partial charge in [0.2, 0.25) is 23.6 Å². The van der Waals surface area contributed by atoms with Gasteiger partial charge in [-0.25, -0.2) is 4.99 Å². The number of nitrogens with zero attached hydrogens (tertiary/aromatic N) is 2. The fourth-order valence-corrected chi connectivity index (χ4v) is 5.58. The van der Waals surface area contributed by atoms with Crippen LogP contribution in [0.4, 0.5) is 0 Å². The topological polar surface area (TPSA) is 331 Å². The number of hydrogen-bond acceptors (Lipinski definition) is 12. The van der Waals surface area contributed by atoms with Gasteiger partial charge in [0.25, 0.3) is 11.8 Å². The van der Waals surface area contributed by atoms with E-state index in [2.05, 4.69) is 31.6 Å². The Hall–Kier alpha value is -5.02. The molecule has 21 heteroatoms. The first kappa shape index (κ1) is 43.1. The van der Waals surface area contributed by atoms with E-state index in [9.17, 15) is 63.6 Å². The molecule has 10 N–H and O–H groups in total. The van der Waals surface area contributed by atoms with E-state index in [-0.39, 0.29) is 32.4 Å². The van der Waals surface area contributed by atoms with Crippen LogP contribution in [-0.2, 0) is 43.2 Å². The average Bonchev–Trinajstić information content (AvgIpc) is 3.56. The lowest BCUT2D eigenvalue weighted by atomic mass is 10.1. The standard InChI is InChI=1S/C31H47N7O14/c1-16(39)26-30(51)33-15-22(41)34-17(8-10-23(42)43)27(48)32-12-4-2-3-7-21(40)35-19(14-25(46)47)31(52)38-13-5-6-20(38)29(50)36-18(28(49)37-26)9-11-24(44)45/h15-21,26,35,39-40H,2-14H2,1H3,(H,32,48)(H,34,41)(H,36,50)(H,37,49)(H,42,43)(H,44,45)(H,46,47)/t16-,17+,18+,19+,20+,21-,26+/m1/s1. The summed E-state index contributed by atoms with van der Waals surface area (Å²) >= 11 is 0. The van der Waals surface area contributed by atoms with E-state index in [1.54, 1.807) is 0 Å². The van der Waals surface area contributed by atoms with E-state index in [1.165, 1.54) is 0 Å². The minimum atomic E-state index is -1.81. The second kappa shape index (κ2) is 21.4. The monoisotopic (exact) mass is 741 g/mol.